The number of aliphatic hydroxyl groups is 1. The van der Waals surface area contributed by atoms with Crippen LogP contribution in [0.2, 0.25) is 5.02 Å². The van der Waals surface area contributed by atoms with E-state index in [9.17, 15) is 4.39 Å². The normalized spacial score (nSPS) is 11.8. The van der Waals surface area contributed by atoms with Crippen molar-refractivity contribution in [3.8, 4) is 0 Å². The van der Waals surface area contributed by atoms with E-state index in [-0.39, 0.29) is 28.9 Å². The fourth-order valence-electron chi connectivity index (χ4n) is 1.25. The van der Waals surface area contributed by atoms with E-state index < -0.39 is 5.82 Å². The number of halogens is 2. The van der Waals surface area contributed by atoms with Gasteiger partial charge in [-0.15, -0.1) is 0 Å². The molecular weight excluding hydrogens is 263 g/mol. The first-order valence-corrected chi connectivity index (χ1v) is 5.21. The molecular formula is C10H8ClFN4O2. The third-order valence-electron chi connectivity index (χ3n) is 2.10. The molecule has 6 nitrogen and oxygen atoms in total. The quantitative estimate of drug-likeness (QED) is 0.649. The maximum atomic E-state index is 12.9. The summed E-state index contributed by atoms with van der Waals surface area (Å²) in [6, 6.07) is 3.89. The molecule has 2 aromatic rings. The number of benzene rings is 1. The Labute approximate surface area is 106 Å². The lowest BCUT2D eigenvalue weighted by molar-refractivity contribution is 0.254. The molecule has 0 fully saturated rings. The Kier molecular flexibility index (Phi) is 3.54. The fraction of sp³-hybridized carbons (Fsp3) is 0.100. The van der Waals surface area contributed by atoms with Crippen LogP contribution in [0.25, 0.3) is 0 Å². The molecule has 1 heterocycles. The van der Waals surface area contributed by atoms with Crippen molar-refractivity contribution < 1.29 is 14.1 Å². The zero-order chi connectivity index (χ0) is 13.1. The van der Waals surface area contributed by atoms with Crippen molar-refractivity contribution in [2.75, 3.05) is 0 Å². The molecule has 0 bridgehead atoms. The van der Waals surface area contributed by atoms with E-state index in [0.717, 1.165) is 0 Å². The Morgan fingerprint density at radius 1 is 1.50 bits per heavy atom. The molecule has 0 unspecified atom stereocenters. The molecule has 1 aromatic carbocycles. The lowest BCUT2D eigenvalue weighted by Crippen LogP contribution is -2.15. The third-order valence-corrected chi connectivity index (χ3v) is 2.39. The molecule has 94 valence electrons. The Balaban J connectivity index is 2.35. The van der Waals surface area contributed by atoms with E-state index in [2.05, 4.69) is 19.9 Å². The standard InChI is InChI=1S/C10H8ClFN4O2/c11-6-3-5(1-2-7(6)12)14-10(13)9-8(4-17)15-18-16-9/h1-3,17H,4H2,(H2,13,14). The van der Waals surface area contributed by atoms with Crippen LogP contribution in [-0.4, -0.2) is 21.3 Å². The van der Waals surface area contributed by atoms with Gasteiger partial charge in [0.25, 0.3) is 0 Å². The van der Waals surface area contributed by atoms with Gasteiger partial charge in [0.1, 0.15) is 11.5 Å². The van der Waals surface area contributed by atoms with Crippen LogP contribution in [0.15, 0.2) is 27.8 Å². The zero-order valence-corrected chi connectivity index (χ0v) is 9.73. The monoisotopic (exact) mass is 270 g/mol. The molecule has 0 aliphatic carbocycles. The van der Waals surface area contributed by atoms with Crippen LogP contribution in [0.3, 0.4) is 0 Å². The molecule has 0 aliphatic rings. The molecule has 3 N–H and O–H groups in total. The molecule has 18 heavy (non-hydrogen) atoms. The summed E-state index contributed by atoms with van der Waals surface area (Å²) < 4.78 is 17.4. The minimum Gasteiger partial charge on any atom is -0.390 e. The number of rotatable bonds is 3. The highest BCUT2D eigenvalue weighted by atomic mass is 35.5. The predicted octanol–water partition coefficient (Wildman–Crippen LogP) is 1.39. The summed E-state index contributed by atoms with van der Waals surface area (Å²) in [5, 5.41) is 15.9. The second-order valence-electron chi connectivity index (χ2n) is 3.31. The van der Waals surface area contributed by atoms with E-state index in [0.29, 0.717) is 5.69 Å². The summed E-state index contributed by atoms with van der Waals surface area (Å²) in [7, 11) is 0. The van der Waals surface area contributed by atoms with Gasteiger partial charge in [0.15, 0.2) is 11.5 Å². The van der Waals surface area contributed by atoms with Crippen LogP contribution in [0, 0.1) is 5.82 Å². The molecule has 0 atom stereocenters. The minimum atomic E-state index is -0.548. The molecule has 0 aliphatic heterocycles. The molecule has 0 saturated heterocycles. The van der Waals surface area contributed by atoms with Gasteiger partial charge in [0.05, 0.1) is 17.3 Å². The first kappa shape index (κ1) is 12.5. The van der Waals surface area contributed by atoms with Crippen LogP contribution in [0.5, 0.6) is 0 Å². The topological polar surface area (TPSA) is 97.5 Å². The highest BCUT2D eigenvalue weighted by Gasteiger charge is 2.13. The van der Waals surface area contributed by atoms with Crippen LogP contribution < -0.4 is 5.73 Å². The number of aliphatic imine (C=N–C) groups is 1. The van der Waals surface area contributed by atoms with Gasteiger partial charge in [0, 0.05) is 0 Å². The van der Waals surface area contributed by atoms with Crippen LogP contribution in [0.1, 0.15) is 11.4 Å². The molecule has 0 spiro atoms. The molecule has 1 aromatic heterocycles. The van der Waals surface area contributed by atoms with Crippen LogP contribution in [-0.2, 0) is 6.61 Å². The van der Waals surface area contributed by atoms with Gasteiger partial charge in [-0.25, -0.2) is 14.0 Å². The van der Waals surface area contributed by atoms with E-state index in [1.165, 1.54) is 18.2 Å². The first-order valence-electron chi connectivity index (χ1n) is 4.83. The summed E-state index contributed by atoms with van der Waals surface area (Å²) in [5.41, 5.74) is 6.34. The SMILES string of the molecule is NC(=Nc1ccc(F)c(Cl)c1)c1nonc1CO. The van der Waals surface area contributed by atoms with Crippen LogP contribution in [0.4, 0.5) is 10.1 Å². The Hall–Kier alpha value is -1.99. The number of aromatic nitrogens is 2. The average molecular weight is 271 g/mol. The lowest BCUT2D eigenvalue weighted by atomic mass is 10.3. The average Bonchev–Trinajstić information content (AvgIpc) is 2.82. The number of amidine groups is 1. The van der Waals surface area contributed by atoms with E-state index >= 15 is 0 Å². The second kappa shape index (κ2) is 5.11. The number of aliphatic hydroxyl groups excluding tert-OH is 1. The molecule has 2 rings (SSSR count). The number of nitrogens with two attached hydrogens (primary N) is 1. The summed E-state index contributed by atoms with van der Waals surface area (Å²) >= 11 is 5.61. The van der Waals surface area contributed by atoms with Gasteiger partial charge in [-0.2, -0.15) is 0 Å². The van der Waals surface area contributed by atoms with Crippen molar-refractivity contribution in [3.63, 3.8) is 0 Å². The van der Waals surface area contributed by atoms with Gasteiger partial charge < -0.3 is 10.8 Å². The van der Waals surface area contributed by atoms with Crippen molar-refractivity contribution in [1.82, 2.24) is 10.3 Å². The fourth-order valence-corrected chi connectivity index (χ4v) is 1.43. The summed E-state index contributed by atoms with van der Waals surface area (Å²) in [5.74, 6) is -0.559. The van der Waals surface area contributed by atoms with Crippen molar-refractivity contribution in [1.29, 1.82) is 0 Å². The predicted molar refractivity (Wildman–Crippen MR) is 62.0 cm³/mol. The minimum absolute atomic E-state index is 0.0111. The third kappa shape index (κ3) is 2.47. The van der Waals surface area contributed by atoms with Crippen molar-refractivity contribution in [2.24, 2.45) is 10.7 Å². The maximum Gasteiger partial charge on any atom is 0.175 e. The van der Waals surface area contributed by atoms with Gasteiger partial charge in [-0.1, -0.05) is 16.8 Å². The van der Waals surface area contributed by atoms with Crippen molar-refractivity contribution >= 4 is 23.1 Å². The van der Waals surface area contributed by atoms with Crippen molar-refractivity contribution in [2.45, 2.75) is 6.61 Å². The number of hydrogen-bond donors (Lipinski definition) is 2. The highest BCUT2D eigenvalue weighted by molar-refractivity contribution is 6.31. The first-order chi connectivity index (χ1) is 8.61. The van der Waals surface area contributed by atoms with Crippen molar-refractivity contribution in [3.05, 3.63) is 40.4 Å². The summed E-state index contributed by atoms with van der Waals surface area (Å²) in [4.78, 5) is 3.98. The van der Waals surface area contributed by atoms with E-state index in [1.54, 1.807) is 0 Å². The highest BCUT2D eigenvalue weighted by Crippen LogP contribution is 2.22. The van der Waals surface area contributed by atoms with E-state index in [4.69, 9.17) is 22.4 Å². The molecule has 8 heteroatoms. The number of nitrogens with zero attached hydrogens (tertiary/aromatic N) is 3. The second-order valence-corrected chi connectivity index (χ2v) is 3.72. The smallest absolute Gasteiger partial charge is 0.175 e. The molecule has 0 saturated carbocycles. The van der Waals surface area contributed by atoms with Gasteiger partial charge >= 0.3 is 0 Å². The molecule has 0 amide bonds. The van der Waals surface area contributed by atoms with Crippen LogP contribution >= 0.6 is 11.6 Å². The summed E-state index contributed by atoms with van der Waals surface area (Å²) in [6.07, 6.45) is 0. The number of hydrogen-bond acceptors (Lipinski definition) is 5. The lowest BCUT2D eigenvalue weighted by Gasteiger charge is -1.99. The molecule has 0 radical (unpaired) electrons. The zero-order valence-electron chi connectivity index (χ0n) is 8.97. The Morgan fingerprint density at radius 2 is 2.28 bits per heavy atom. The van der Waals surface area contributed by atoms with E-state index in [1.807, 2.05) is 0 Å². The van der Waals surface area contributed by atoms with Gasteiger partial charge in [-0.05, 0) is 23.4 Å². The Bertz CT molecular complexity index is 599. The summed E-state index contributed by atoms with van der Waals surface area (Å²) in [6.45, 7) is -0.376. The maximum absolute atomic E-state index is 12.9. The Morgan fingerprint density at radius 3 is 2.94 bits per heavy atom. The largest absolute Gasteiger partial charge is 0.390 e. The van der Waals surface area contributed by atoms with Gasteiger partial charge in [-0.3, -0.25) is 0 Å². The van der Waals surface area contributed by atoms with Gasteiger partial charge in [0.2, 0.25) is 0 Å².